The number of rotatable bonds is 3. The topological polar surface area (TPSA) is 75.1 Å². The Kier molecular flexibility index (Phi) is 3.73. The van der Waals surface area contributed by atoms with Crippen molar-refractivity contribution >= 4 is 29.1 Å². The van der Waals surface area contributed by atoms with Gasteiger partial charge in [-0.3, -0.25) is 15.1 Å². The van der Waals surface area contributed by atoms with Crippen LogP contribution in [0.4, 0.5) is 0 Å². The van der Waals surface area contributed by atoms with Gasteiger partial charge in [-0.1, -0.05) is 6.07 Å². The number of nitrogens with zero attached hydrogens (tertiary/aromatic N) is 2. The molecule has 2 aromatic rings. The summed E-state index contributed by atoms with van der Waals surface area (Å²) in [6.45, 7) is 3.89. The summed E-state index contributed by atoms with van der Waals surface area (Å²) in [5.41, 5.74) is 1.03. The van der Waals surface area contributed by atoms with Crippen molar-refractivity contribution < 1.29 is 9.90 Å². The number of thiazole rings is 1. The van der Waals surface area contributed by atoms with E-state index in [0.717, 1.165) is 15.4 Å². The summed E-state index contributed by atoms with van der Waals surface area (Å²) in [4.78, 5) is 20.9. The number of pyridine rings is 1. The number of nitrogens with one attached hydrogen (secondary N) is 1. The van der Waals surface area contributed by atoms with Crippen LogP contribution in [0.3, 0.4) is 0 Å². The molecule has 1 aliphatic rings. The minimum absolute atomic E-state index is 0.0866. The van der Waals surface area contributed by atoms with E-state index >= 15 is 0 Å². The van der Waals surface area contributed by atoms with E-state index in [0.29, 0.717) is 0 Å². The SMILES string of the molecule is CC1(C)SC(c2ncc(-c3cccnc3)s2)NC1C(=O)O. The van der Waals surface area contributed by atoms with Crippen LogP contribution in [0.15, 0.2) is 30.7 Å². The Balaban J connectivity index is 1.84. The van der Waals surface area contributed by atoms with Crippen LogP contribution in [0.2, 0.25) is 0 Å². The van der Waals surface area contributed by atoms with E-state index in [1.165, 1.54) is 0 Å². The molecule has 1 fully saturated rings. The molecule has 2 atom stereocenters. The minimum atomic E-state index is -0.820. The van der Waals surface area contributed by atoms with E-state index in [1.54, 1.807) is 35.5 Å². The smallest absolute Gasteiger partial charge is 0.322 e. The van der Waals surface area contributed by atoms with Crippen molar-refractivity contribution in [2.75, 3.05) is 0 Å². The predicted molar refractivity (Wildman–Crippen MR) is 84.3 cm³/mol. The van der Waals surface area contributed by atoms with Gasteiger partial charge in [-0.15, -0.1) is 23.1 Å². The van der Waals surface area contributed by atoms with Crippen LogP contribution < -0.4 is 5.32 Å². The van der Waals surface area contributed by atoms with Crippen molar-refractivity contribution in [3.8, 4) is 10.4 Å². The third-order valence-corrected chi connectivity index (χ3v) is 6.07. The fraction of sp³-hybridized carbons (Fsp3) is 0.357. The van der Waals surface area contributed by atoms with Crippen LogP contribution in [0, 0.1) is 0 Å². The number of hydrogen-bond donors (Lipinski definition) is 2. The van der Waals surface area contributed by atoms with Gasteiger partial charge in [0.25, 0.3) is 0 Å². The van der Waals surface area contributed by atoms with E-state index in [1.807, 2.05) is 32.2 Å². The number of thioether (sulfide) groups is 1. The molecule has 7 heteroatoms. The highest BCUT2D eigenvalue weighted by Crippen LogP contribution is 2.47. The molecule has 2 aromatic heterocycles. The van der Waals surface area contributed by atoms with Gasteiger partial charge in [-0.2, -0.15) is 0 Å². The lowest BCUT2D eigenvalue weighted by atomic mass is 10.0. The first-order valence-corrected chi connectivity index (χ1v) is 8.20. The monoisotopic (exact) mass is 321 g/mol. The highest BCUT2D eigenvalue weighted by Gasteiger charge is 2.46. The molecule has 0 radical (unpaired) electrons. The summed E-state index contributed by atoms with van der Waals surface area (Å²) < 4.78 is -0.364. The minimum Gasteiger partial charge on any atom is -0.480 e. The standard InChI is InChI=1S/C14H15N3O2S2/c1-14(2)10(13(18)19)17-12(21-14)11-16-7-9(20-11)8-4-3-5-15-6-8/h3-7,10,12,17H,1-2H3,(H,18,19). The number of carboxylic acids is 1. The number of aromatic nitrogens is 2. The Bertz CT molecular complexity index is 657. The highest BCUT2D eigenvalue weighted by atomic mass is 32.2. The van der Waals surface area contributed by atoms with E-state index in [2.05, 4.69) is 15.3 Å². The summed E-state index contributed by atoms with van der Waals surface area (Å²) in [5.74, 6) is -0.820. The van der Waals surface area contributed by atoms with E-state index < -0.39 is 12.0 Å². The van der Waals surface area contributed by atoms with Gasteiger partial charge in [-0.25, -0.2) is 4.98 Å². The van der Waals surface area contributed by atoms with Crippen molar-refractivity contribution in [2.24, 2.45) is 0 Å². The molecule has 0 saturated carbocycles. The van der Waals surface area contributed by atoms with Gasteiger partial charge < -0.3 is 5.11 Å². The molecule has 5 nitrogen and oxygen atoms in total. The Morgan fingerprint density at radius 2 is 2.24 bits per heavy atom. The molecule has 0 amide bonds. The van der Waals surface area contributed by atoms with Crippen molar-refractivity contribution in [1.29, 1.82) is 0 Å². The zero-order chi connectivity index (χ0) is 15.0. The Morgan fingerprint density at radius 3 is 2.86 bits per heavy atom. The van der Waals surface area contributed by atoms with E-state index in [4.69, 9.17) is 0 Å². The third kappa shape index (κ3) is 2.81. The number of carbonyl (C=O) groups is 1. The van der Waals surface area contributed by atoms with Crippen molar-refractivity contribution in [1.82, 2.24) is 15.3 Å². The first kappa shape index (κ1) is 14.5. The molecule has 110 valence electrons. The van der Waals surface area contributed by atoms with Crippen LogP contribution >= 0.6 is 23.1 Å². The molecule has 0 spiro atoms. The highest BCUT2D eigenvalue weighted by molar-refractivity contribution is 8.01. The summed E-state index contributed by atoms with van der Waals surface area (Å²) in [6, 6.07) is 3.31. The van der Waals surface area contributed by atoms with Gasteiger partial charge in [0.15, 0.2) is 0 Å². The molecule has 2 N–H and O–H groups in total. The Hall–Kier alpha value is -1.44. The summed E-state index contributed by atoms with van der Waals surface area (Å²) in [6.07, 6.45) is 5.36. The first-order chi connectivity index (χ1) is 9.97. The maximum Gasteiger partial charge on any atom is 0.322 e. The van der Waals surface area contributed by atoms with Gasteiger partial charge in [-0.05, 0) is 19.9 Å². The second-order valence-corrected chi connectivity index (χ2v) is 8.17. The molecule has 3 rings (SSSR count). The average Bonchev–Trinajstić information content (AvgIpc) is 3.03. The quantitative estimate of drug-likeness (QED) is 0.905. The van der Waals surface area contributed by atoms with Gasteiger partial charge in [0.2, 0.25) is 0 Å². The molecule has 0 bridgehead atoms. The predicted octanol–water partition coefficient (Wildman–Crippen LogP) is 2.77. The Labute approximate surface area is 130 Å². The maximum absolute atomic E-state index is 11.3. The van der Waals surface area contributed by atoms with Crippen LogP contribution in [0.25, 0.3) is 10.4 Å². The average molecular weight is 321 g/mol. The summed E-state index contributed by atoms with van der Waals surface area (Å²) in [7, 11) is 0. The molecule has 0 aromatic carbocycles. The largest absolute Gasteiger partial charge is 0.480 e. The first-order valence-electron chi connectivity index (χ1n) is 6.50. The summed E-state index contributed by atoms with van der Waals surface area (Å²) >= 11 is 3.18. The van der Waals surface area contributed by atoms with Crippen molar-refractivity contribution in [3.63, 3.8) is 0 Å². The van der Waals surface area contributed by atoms with Crippen LogP contribution in [0.5, 0.6) is 0 Å². The zero-order valence-electron chi connectivity index (χ0n) is 11.6. The second-order valence-electron chi connectivity index (χ2n) is 5.34. The molecule has 3 heterocycles. The van der Waals surface area contributed by atoms with Gasteiger partial charge in [0.1, 0.15) is 16.4 Å². The number of hydrogen-bond acceptors (Lipinski definition) is 6. The third-order valence-electron chi connectivity index (χ3n) is 3.38. The van der Waals surface area contributed by atoms with Crippen LogP contribution in [-0.4, -0.2) is 31.8 Å². The molecule has 21 heavy (non-hydrogen) atoms. The lowest BCUT2D eigenvalue weighted by molar-refractivity contribution is -0.139. The second kappa shape index (κ2) is 5.40. The van der Waals surface area contributed by atoms with E-state index in [-0.39, 0.29) is 10.1 Å². The van der Waals surface area contributed by atoms with Gasteiger partial charge in [0, 0.05) is 28.9 Å². The fourth-order valence-electron chi connectivity index (χ4n) is 2.30. The van der Waals surface area contributed by atoms with E-state index in [9.17, 15) is 9.90 Å². The molecule has 1 aliphatic heterocycles. The van der Waals surface area contributed by atoms with Gasteiger partial charge in [0.05, 0.1) is 4.88 Å². The van der Waals surface area contributed by atoms with Crippen LogP contribution in [0.1, 0.15) is 24.2 Å². The molecular weight excluding hydrogens is 306 g/mol. The lowest BCUT2D eigenvalue weighted by Gasteiger charge is -2.20. The fourth-order valence-corrected chi connectivity index (χ4v) is 4.72. The number of aliphatic carboxylic acids is 1. The normalized spacial score (nSPS) is 24.1. The lowest BCUT2D eigenvalue weighted by Crippen LogP contribution is -2.43. The molecule has 2 unspecified atom stereocenters. The van der Waals surface area contributed by atoms with Crippen molar-refractivity contribution in [2.45, 2.75) is 30.0 Å². The Morgan fingerprint density at radius 1 is 1.43 bits per heavy atom. The maximum atomic E-state index is 11.3. The summed E-state index contributed by atoms with van der Waals surface area (Å²) in [5, 5.41) is 13.3. The van der Waals surface area contributed by atoms with Gasteiger partial charge >= 0.3 is 5.97 Å². The molecule has 0 aliphatic carbocycles. The molecule has 1 saturated heterocycles. The zero-order valence-corrected chi connectivity index (χ0v) is 13.2. The molecular formula is C14H15N3O2S2. The number of carboxylic acid groups (broad SMARTS) is 1. The van der Waals surface area contributed by atoms with Crippen molar-refractivity contribution in [3.05, 3.63) is 35.7 Å². The van der Waals surface area contributed by atoms with Crippen LogP contribution in [-0.2, 0) is 4.79 Å².